The fourth-order valence-corrected chi connectivity index (χ4v) is 1.96. The number of aromatic nitrogens is 1. The van der Waals surface area contributed by atoms with Gasteiger partial charge in [0.1, 0.15) is 5.82 Å². The summed E-state index contributed by atoms with van der Waals surface area (Å²) in [6.07, 6.45) is -2.89. The lowest BCUT2D eigenvalue weighted by atomic mass is 10.1. The molecule has 0 unspecified atom stereocenters. The monoisotopic (exact) mass is 343 g/mol. The molecule has 0 spiro atoms. The van der Waals surface area contributed by atoms with E-state index in [4.69, 9.17) is 11.6 Å². The predicted molar refractivity (Wildman–Crippen MR) is 82.9 cm³/mol. The van der Waals surface area contributed by atoms with Gasteiger partial charge in [-0.2, -0.15) is 13.2 Å². The first-order chi connectivity index (χ1) is 10.8. The number of carbonyl (C=O) groups is 1. The number of nitrogens with zero attached hydrogens (tertiary/aromatic N) is 1. The Kier molecular flexibility index (Phi) is 5.10. The third-order valence-electron chi connectivity index (χ3n) is 2.92. The van der Waals surface area contributed by atoms with Crippen LogP contribution in [0.2, 0.25) is 5.02 Å². The number of hydrogen-bond donors (Lipinski definition) is 2. The summed E-state index contributed by atoms with van der Waals surface area (Å²) in [6, 6.07) is 6.49. The maximum Gasteiger partial charge on any atom is 0.418 e. The molecule has 0 aliphatic carbocycles. The third-order valence-corrected chi connectivity index (χ3v) is 3.15. The second-order valence-corrected chi connectivity index (χ2v) is 5.08. The quantitative estimate of drug-likeness (QED) is 0.834. The summed E-state index contributed by atoms with van der Waals surface area (Å²) in [5.74, 6) is 0.129. The van der Waals surface area contributed by atoms with Crippen LogP contribution in [0.4, 0.5) is 30.4 Å². The predicted octanol–water partition coefficient (Wildman–Crippen LogP) is 4.85. The van der Waals surface area contributed by atoms with Crippen LogP contribution in [0.15, 0.2) is 36.5 Å². The first-order valence-electron chi connectivity index (χ1n) is 6.69. The van der Waals surface area contributed by atoms with E-state index in [9.17, 15) is 18.0 Å². The van der Waals surface area contributed by atoms with E-state index >= 15 is 0 Å². The van der Waals surface area contributed by atoms with Gasteiger partial charge in [0.2, 0.25) is 5.91 Å². The highest BCUT2D eigenvalue weighted by Crippen LogP contribution is 2.37. The van der Waals surface area contributed by atoms with Crippen LogP contribution in [0.5, 0.6) is 0 Å². The SMILES string of the molecule is CCC(=O)Nc1ccc(Nc2ccc(Cl)cc2C(F)(F)F)cn1. The number of benzene rings is 1. The molecule has 8 heteroatoms. The average molecular weight is 344 g/mol. The number of carbonyl (C=O) groups excluding carboxylic acids is 1. The molecule has 23 heavy (non-hydrogen) atoms. The molecular weight excluding hydrogens is 331 g/mol. The molecule has 0 aliphatic rings. The van der Waals surface area contributed by atoms with Crippen LogP contribution in [-0.4, -0.2) is 10.9 Å². The molecule has 2 rings (SSSR count). The van der Waals surface area contributed by atoms with Crippen LogP contribution in [0, 0.1) is 0 Å². The van der Waals surface area contributed by atoms with Gasteiger partial charge in [-0.05, 0) is 30.3 Å². The van der Waals surface area contributed by atoms with Crippen molar-refractivity contribution in [1.82, 2.24) is 4.98 Å². The fraction of sp³-hybridized carbons (Fsp3) is 0.200. The first kappa shape index (κ1) is 17.1. The van der Waals surface area contributed by atoms with Gasteiger partial charge in [-0.15, -0.1) is 0 Å². The molecule has 0 atom stereocenters. The minimum atomic E-state index is -4.53. The van der Waals surface area contributed by atoms with E-state index in [1.807, 2.05) is 0 Å². The van der Waals surface area contributed by atoms with Gasteiger partial charge in [-0.1, -0.05) is 18.5 Å². The van der Waals surface area contributed by atoms with Crippen molar-refractivity contribution in [1.29, 1.82) is 0 Å². The van der Waals surface area contributed by atoms with Gasteiger partial charge in [0.15, 0.2) is 0 Å². The van der Waals surface area contributed by atoms with Crippen molar-refractivity contribution in [3.8, 4) is 0 Å². The molecule has 1 amide bonds. The van der Waals surface area contributed by atoms with Crippen LogP contribution in [0.25, 0.3) is 0 Å². The number of amides is 1. The van der Waals surface area contributed by atoms with E-state index in [2.05, 4.69) is 15.6 Å². The van der Waals surface area contributed by atoms with Crippen LogP contribution in [0.3, 0.4) is 0 Å². The van der Waals surface area contributed by atoms with E-state index in [1.54, 1.807) is 6.92 Å². The molecule has 2 N–H and O–H groups in total. The second kappa shape index (κ2) is 6.87. The van der Waals surface area contributed by atoms with Crippen LogP contribution in [-0.2, 0) is 11.0 Å². The van der Waals surface area contributed by atoms with Gasteiger partial charge in [0.05, 0.1) is 23.1 Å². The molecule has 2 aromatic rings. The van der Waals surface area contributed by atoms with Crippen molar-refractivity contribution in [3.05, 3.63) is 47.1 Å². The van der Waals surface area contributed by atoms with E-state index in [-0.39, 0.29) is 16.6 Å². The minimum Gasteiger partial charge on any atom is -0.354 e. The van der Waals surface area contributed by atoms with Crippen molar-refractivity contribution in [2.24, 2.45) is 0 Å². The Balaban J connectivity index is 2.21. The smallest absolute Gasteiger partial charge is 0.354 e. The summed E-state index contributed by atoms with van der Waals surface area (Å²) in [5.41, 5.74) is -0.644. The fourth-order valence-electron chi connectivity index (χ4n) is 1.79. The van der Waals surface area contributed by atoms with Gasteiger partial charge in [-0.3, -0.25) is 4.79 Å². The molecule has 0 saturated heterocycles. The van der Waals surface area contributed by atoms with Crippen LogP contribution in [0.1, 0.15) is 18.9 Å². The first-order valence-corrected chi connectivity index (χ1v) is 7.07. The van der Waals surface area contributed by atoms with Gasteiger partial charge in [0.25, 0.3) is 0 Å². The molecular formula is C15H13ClF3N3O. The second-order valence-electron chi connectivity index (χ2n) is 4.65. The average Bonchev–Trinajstić information content (AvgIpc) is 2.50. The van der Waals surface area contributed by atoms with E-state index in [0.717, 1.165) is 6.07 Å². The third kappa shape index (κ3) is 4.59. The van der Waals surface area contributed by atoms with Gasteiger partial charge in [-0.25, -0.2) is 4.98 Å². The van der Waals surface area contributed by atoms with Crippen molar-refractivity contribution in [3.63, 3.8) is 0 Å². The maximum absolute atomic E-state index is 13.0. The number of alkyl halides is 3. The summed E-state index contributed by atoms with van der Waals surface area (Å²) in [4.78, 5) is 15.2. The topological polar surface area (TPSA) is 54.0 Å². The van der Waals surface area contributed by atoms with E-state index in [1.165, 1.54) is 30.5 Å². The summed E-state index contributed by atoms with van der Waals surface area (Å²) in [7, 11) is 0. The molecule has 1 heterocycles. The number of nitrogens with one attached hydrogen (secondary N) is 2. The van der Waals surface area contributed by atoms with Crippen molar-refractivity contribution in [2.75, 3.05) is 10.6 Å². The molecule has 0 radical (unpaired) electrons. The minimum absolute atomic E-state index is 0.00127. The molecule has 1 aromatic heterocycles. The highest BCUT2D eigenvalue weighted by molar-refractivity contribution is 6.30. The zero-order chi connectivity index (χ0) is 17.0. The molecule has 0 fully saturated rings. The lowest BCUT2D eigenvalue weighted by Gasteiger charge is -2.15. The van der Waals surface area contributed by atoms with Gasteiger partial charge >= 0.3 is 6.18 Å². The van der Waals surface area contributed by atoms with Crippen molar-refractivity contribution in [2.45, 2.75) is 19.5 Å². The highest BCUT2D eigenvalue weighted by atomic mass is 35.5. The summed E-state index contributed by atoms with van der Waals surface area (Å²) >= 11 is 5.63. The number of rotatable bonds is 4. The van der Waals surface area contributed by atoms with Crippen LogP contribution < -0.4 is 10.6 Å². The molecule has 1 aromatic carbocycles. The largest absolute Gasteiger partial charge is 0.418 e. The lowest BCUT2D eigenvalue weighted by molar-refractivity contribution is -0.136. The van der Waals surface area contributed by atoms with Gasteiger partial charge in [0, 0.05) is 11.4 Å². The molecule has 122 valence electrons. The number of hydrogen-bond acceptors (Lipinski definition) is 3. The van der Waals surface area contributed by atoms with E-state index in [0.29, 0.717) is 17.9 Å². The Labute approximate surface area is 135 Å². The summed E-state index contributed by atoms with van der Waals surface area (Å²) < 4.78 is 39.0. The number of pyridine rings is 1. The molecule has 0 bridgehead atoms. The molecule has 4 nitrogen and oxygen atoms in total. The number of anilines is 3. The Bertz CT molecular complexity index is 702. The Morgan fingerprint density at radius 2 is 2.00 bits per heavy atom. The lowest BCUT2D eigenvalue weighted by Crippen LogP contribution is -2.11. The van der Waals surface area contributed by atoms with E-state index < -0.39 is 11.7 Å². The Morgan fingerprint density at radius 1 is 1.26 bits per heavy atom. The zero-order valence-corrected chi connectivity index (χ0v) is 12.8. The molecule has 0 aliphatic heterocycles. The number of halogens is 4. The summed E-state index contributed by atoms with van der Waals surface area (Å²) in [6.45, 7) is 1.70. The summed E-state index contributed by atoms with van der Waals surface area (Å²) in [5, 5.41) is 5.20. The highest BCUT2D eigenvalue weighted by Gasteiger charge is 2.33. The Morgan fingerprint density at radius 3 is 2.57 bits per heavy atom. The Hall–Kier alpha value is -2.28. The van der Waals surface area contributed by atoms with Crippen molar-refractivity contribution < 1.29 is 18.0 Å². The van der Waals surface area contributed by atoms with Crippen molar-refractivity contribution >= 4 is 34.7 Å². The normalized spacial score (nSPS) is 11.2. The molecule has 0 saturated carbocycles. The maximum atomic E-state index is 13.0. The van der Waals surface area contributed by atoms with Gasteiger partial charge < -0.3 is 10.6 Å². The zero-order valence-electron chi connectivity index (χ0n) is 12.0. The van der Waals surface area contributed by atoms with Crippen LogP contribution >= 0.6 is 11.6 Å². The standard InChI is InChI=1S/C15H13ClF3N3O/c1-2-14(23)22-13-6-4-10(8-20-13)21-12-5-3-9(16)7-11(12)15(17,18)19/h3-8,21H,2H2,1H3,(H,20,22,23).